The second-order valence-electron chi connectivity index (χ2n) is 1.95. The molecule has 0 spiro atoms. The van der Waals surface area contributed by atoms with Gasteiger partial charge >= 0.3 is 0 Å². The van der Waals surface area contributed by atoms with Crippen molar-refractivity contribution in [1.82, 2.24) is 0 Å². The molecule has 0 amide bonds. The lowest BCUT2D eigenvalue weighted by Crippen LogP contribution is -1.93. The van der Waals surface area contributed by atoms with Crippen LogP contribution in [0.15, 0.2) is 37.0 Å². The van der Waals surface area contributed by atoms with E-state index < -0.39 is 0 Å². The highest BCUT2D eigenvalue weighted by molar-refractivity contribution is 5.99. The lowest BCUT2D eigenvalue weighted by atomic mass is 10.1. The SMILES string of the molecule is C=C/C=C\C(=C)C(=N)CC. The first-order chi connectivity index (χ1) is 4.72. The van der Waals surface area contributed by atoms with Crippen LogP contribution in [0.4, 0.5) is 0 Å². The predicted molar refractivity (Wildman–Crippen MR) is 46.5 cm³/mol. The largest absolute Gasteiger partial charge is 0.305 e. The highest BCUT2D eigenvalue weighted by Crippen LogP contribution is 1.98. The van der Waals surface area contributed by atoms with Gasteiger partial charge in [0.2, 0.25) is 0 Å². The summed E-state index contributed by atoms with van der Waals surface area (Å²) < 4.78 is 0. The molecule has 0 aromatic heterocycles. The van der Waals surface area contributed by atoms with Crippen molar-refractivity contribution in [1.29, 1.82) is 5.41 Å². The molecule has 0 aromatic carbocycles. The van der Waals surface area contributed by atoms with E-state index in [2.05, 4.69) is 13.2 Å². The fourth-order valence-corrected chi connectivity index (χ4v) is 0.512. The van der Waals surface area contributed by atoms with Crippen molar-refractivity contribution in [3.63, 3.8) is 0 Å². The quantitative estimate of drug-likeness (QED) is 0.452. The molecule has 0 unspecified atom stereocenters. The average molecular weight is 135 g/mol. The van der Waals surface area contributed by atoms with Crippen LogP contribution in [-0.4, -0.2) is 5.71 Å². The molecule has 10 heavy (non-hydrogen) atoms. The molecule has 1 heteroatoms. The first-order valence-corrected chi connectivity index (χ1v) is 3.28. The third-order valence-electron chi connectivity index (χ3n) is 1.17. The summed E-state index contributed by atoms with van der Waals surface area (Å²) in [5, 5.41) is 7.34. The summed E-state index contributed by atoms with van der Waals surface area (Å²) in [4.78, 5) is 0. The number of hydrogen-bond acceptors (Lipinski definition) is 1. The Hall–Kier alpha value is -1.11. The smallest absolute Gasteiger partial charge is 0.0377 e. The van der Waals surface area contributed by atoms with Crippen molar-refractivity contribution in [2.24, 2.45) is 0 Å². The Morgan fingerprint density at radius 2 is 2.20 bits per heavy atom. The fraction of sp³-hybridized carbons (Fsp3) is 0.222. The van der Waals surface area contributed by atoms with Crippen LogP contribution in [-0.2, 0) is 0 Å². The van der Waals surface area contributed by atoms with Gasteiger partial charge in [0.25, 0.3) is 0 Å². The minimum atomic E-state index is 0.582. The van der Waals surface area contributed by atoms with Crippen molar-refractivity contribution >= 4 is 5.71 Å². The fourth-order valence-electron chi connectivity index (χ4n) is 0.512. The van der Waals surface area contributed by atoms with Crippen LogP contribution in [0.25, 0.3) is 0 Å². The van der Waals surface area contributed by atoms with Crippen molar-refractivity contribution in [3.8, 4) is 0 Å². The summed E-state index contributed by atoms with van der Waals surface area (Å²) in [6, 6.07) is 0. The highest BCUT2D eigenvalue weighted by Gasteiger charge is 1.92. The maximum absolute atomic E-state index is 7.34. The van der Waals surface area contributed by atoms with Crippen molar-refractivity contribution < 1.29 is 0 Å². The Balaban J connectivity index is 3.97. The molecule has 0 rings (SSSR count). The molecule has 0 bridgehead atoms. The Labute approximate surface area is 62.3 Å². The van der Waals surface area contributed by atoms with E-state index in [1.807, 2.05) is 6.92 Å². The molecular weight excluding hydrogens is 122 g/mol. The molecule has 0 aliphatic rings. The van der Waals surface area contributed by atoms with Crippen LogP contribution in [0.3, 0.4) is 0 Å². The average Bonchev–Trinajstić information content (AvgIpc) is 1.98. The molecule has 0 aliphatic carbocycles. The van der Waals surface area contributed by atoms with Gasteiger partial charge in [0.15, 0.2) is 0 Å². The van der Waals surface area contributed by atoms with Gasteiger partial charge in [-0.2, -0.15) is 0 Å². The van der Waals surface area contributed by atoms with Gasteiger partial charge in [0, 0.05) is 5.71 Å². The molecule has 0 fully saturated rings. The molecule has 0 saturated carbocycles. The van der Waals surface area contributed by atoms with E-state index >= 15 is 0 Å². The molecule has 54 valence electrons. The first kappa shape index (κ1) is 8.89. The van der Waals surface area contributed by atoms with Gasteiger partial charge in [-0.15, -0.1) is 0 Å². The van der Waals surface area contributed by atoms with Crippen molar-refractivity contribution in [2.75, 3.05) is 0 Å². The lowest BCUT2D eigenvalue weighted by Gasteiger charge is -1.96. The lowest BCUT2D eigenvalue weighted by molar-refractivity contribution is 1.24. The number of rotatable bonds is 4. The third-order valence-corrected chi connectivity index (χ3v) is 1.17. The summed E-state index contributed by atoms with van der Waals surface area (Å²) in [7, 11) is 0. The molecule has 1 N–H and O–H groups in total. The monoisotopic (exact) mass is 135 g/mol. The summed E-state index contributed by atoms with van der Waals surface area (Å²) >= 11 is 0. The second-order valence-corrected chi connectivity index (χ2v) is 1.95. The Bertz CT molecular complexity index is 175. The van der Waals surface area contributed by atoms with Crippen LogP contribution in [0.2, 0.25) is 0 Å². The minimum absolute atomic E-state index is 0.582. The van der Waals surface area contributed by atoms with Crippen LogP contribution >= 0.6 is 0 Å². The zero-order valence-electron chi connectivity index (χ0n) is 6.35. The number of nitrogens with one attached hydrogen (secondary N) is 1. The molecule has 0 atom stereocenters. The Morgan fingerprint density at radius 3 is 2.60 bits per heavy atom. The van der Waals surface area contributed by atoms with Gasteiger partial charge in [-0.1, -0.05) is 38.3 Å². The second kappa shape index (κ2) is 4.74. The van der Waals surface area contributed by atoms with E-state index in [9.17, 15) is 0 Å². The first-order valence-electron chi connectivity index (χ1n) is 3.28. The van der Waals surface area contributed by atoms with Gasteiger partial charge in [0.05, 0.1) is 0 Å². The zero-order chi connectivity index (χ0) is 7.98. The summed E-state index contributed by atoms with van der Waals surface area (Å²) in [6.45, 7) is 9.16. The number of hydrogen-bond donors (Lipinski definition) is 1. The van der Waals surface area contributed by atoms with Crippen LogP contribution in [0.1, 0.15) is 13.3 Å². The van der Waals surface area contributed by atoms with E-state index in [1.165, 1.54) is 0 Å². The molecular formula is C9H13N. The Kier molecular flexibility index (Phi) is 4.21. The van der Waals surface area contributed by atoms with Crippen LogP contribution in [0, 0.1) is 5.41 Å². The van der Waals surface area contributed by atoms with Gasteiger partial charge < -0.3 is 5.41 Å². The topological polar surface area (TPSA) is 23.9 Å². The maximum atomic E-state index is 7.34. The van der Waals surface area contributed by atoms with Gasteiger partial charge in [-0.05, 0) is 12.0 Å². The van der Waals surface area contributed by atoms with Crippen LogP contribution < -0.4 is 0 Å². The summed E-state index contributed by atoms with van der Waals surface area (Å²) in [6.07, 6.45) is 5.99. The maximum Gasteiger partial charge on any atom is 0.0377 e. The molecule has 0 heterocycles. The van der Waals surface area contributed by atoms with E-state index in [-0.39, 0.29) is 0 Å². The normalized spacial score (nSPS) is 9.70. The van der Waals surface area contributed by atoms with E-state index in [0.29, 0.717) is 5.71 Å². The zero-order valence-corrected chi connectivity index (χ0v) is 6.35. The van der Waals surface area contributed by atoms with Crippen molar-refractivity contribution in [2.45, 2.75) is 13.3 Å². The molecule has 0 aliphatic heterocycles. The molecule has 1 nitrogen and oxygen atoms in total. The van der Waals surface area contributed by atoms with E-state index in [0.717, 1.165) is 12.0 Å². The van der Waals surface area contributed by atoms with Gasteiger partial charge in [0.1, 0.15) is 0 Å². The summed E-state index contributed by atoms with van der Waals surface area (Å²) in [5.41, 5.74) is 1.35. The minimum Gasteiger partial charge on any atom is -0.305 e. The van der Waals surface area contributed by atoms with Crippen LogP contribution in [0.5, 0.6) is 0 Å². The third kappa shape index (κ3) is 3.02. The van der Waals surface area contributed by atoms with Crippen molar-refractivity contribution in [3.05, 3.63) is 37.0 Å². The standard InChI is InChI=1S/C9H13N/c1-4-6-7-8(3)9(10)5-2/h4,6-7,10H,1,3,5H2,2H3/b7-6-,10-9?. The summed E-state index contributed by atoms with van der Waals surface area (Å²) in [5.74, 6) is 0. The molecule has 0 saturated heterocycles. The van der Waals surface area contributed by atoms with Gasteiger partial charge in [-0.3, -0.25) is 0 Å². The number of allylic oxidation sites excluding steroid dienone is 4. The molecule has 0 aromatic rings. The van der Waals surface area contributed by atoms with Gasteiger partial charge in [-0.25, -0.2) is 0 Å². The van der Waals surface area contributed by atoms with E-state index in [1.54, 1.807) is 18.2 Å². The predicted octanol–water partition coefficient (Wildman–Crippen LogP) is 2.71. The molecule has 0 radical (unpaired) electrons. The highest BCUT2D eigenvalue weighted by atomic mass is 14.4. The Morgan fingerprint density at radius 1 is 1.60 bits per heavy atom. The van der Waals surface area contributed by atoms with E-state index in [4.69, 9.17) is 5.41 Å².